The van der Waals surface area contributed by atoms with Crippen molar-refractivity contribution in [2.75, 3.05) is 5.75 Å². The van der Waals surface area contributed by atoms with E-state index >= 15 is 0 Å². The zero-order chi connectivity index (χ0) is 12.4. The summed E-state index contributed by atoms with van der Waals surface area (Å²) in [5.41, 5.74) is 3.15. The van der Waals surface area contributed by atoms with Gasteiger partial charge in [0.1, 0.15) is 0 Å². The van der Waals surface area contributed by atoms with Gasteiger partial charge in [0.15, 0.2) is 0 Å². The minimum absolute atomic E-state index is 0.0656. The molecule has 0 aliphatic rings. The number of thioether (sulfide) groups is 1. The molecule has 4 heteroatoms. The summed E-state index contributed by atoms with van der Waals surface area (Å²) in [4.78, 5) is 14.9. The monoisotopic (exact) mass is 246 g/mol. The number of aliphatic carboxylic acids is 1. The second-order valence-corrected chi connectivity index (χ2v) is 4.90. The number of aromatic nitrogens is 1. The number of carbonyl (C=O) groups excluding carboxylic acids is 1. The predicted octanol–water partition coefficient (Wildman–Crippen LogP) is 1.69. The van der Waals surface area contributed by atoms with E-state index in [1.807, 2.05) is 38.1 Å². The Bertz CT molecular complexity index is 581. The van der Waals surface area contributed by atoms with E-state index in [0.717, 1.165) is 27.1 Å². The number of benzene rings is 1. The van der Waals surface area contributed by atoms with E-state index in [9.17, 15) is 9.90 Å². The van der Waals surface area contributed by atoms with Crippen molar-refractivity contribution in [3.8, 4) is 0 Å². The fourth-order valence-corrected chi connectivity index (χ4v) is 2.42. The Labute approximate surface area is 104 Å². The summed E-state index contributed by atoms with van der Waals surface area (Å²) in [5.74, 6) is -1.14. The third kappa shape index (κ3) is 2.58. The molecule has 3 nitrogen and oxygen atoms in total. The normalized spacial score (nSPS) is 10.7. The highest BCUT2D eigenvalue weighted by molar-refractivity contribution is 7.99. The number of pyridine rings is 1. The number of aryl methyl sites for hydroxylation is 2. The van der Waals surface area contributed by atoms with Gasteiger partial charge in [-0.25, -0.2) is 4.98 Å². The van der Waals surface area contributed by atoms with Gasteiger partial charge in [-0.2, -0.15) is 0 Å². The number of hydrogen-bond acceptors (Lipinski definition) is 4. The summed E-state index contributed by atoms with van der Waals surface area (Å²) >= 11 is 1.19. The van der Waals surface area contributed by atoms with Crippen LogP contribution in [0.25, 0.3) is 10.9 Å². The van der Waals surface area contributed by atoms with E-state index in [1.54, 1.807) is 0 Å². The molecule has 0 fully saturated rings. The van der Waals surface area contributed by atoms with E-state index in [4.69, 9.17) is 0 Å². The van der Waals surface area contributed by atoms with Gasteiger partial charge in [-0.05, 0) is 31.0 Å². The Balaban J connectivity index is 2.46. The lowest BCUT2D eigenvalue weighted by Gasteiger charge is -2.08. The van der Waals surface area contributed by atoms with Crippen LogP contribution in [0.4, 0.5) is 0 Å². The van der Waals surface area contributed by atoms with Gasteiger partial charge in [-0.3, -0.25) is 0 Å². The van der Waals surface area contributed by atoms with Crippen molar-refractivity contribution in [3.63, 3.8) is 0 Å². The number of carboxylic acids is 1. The fourth-order valence-electron chi connectivity index (χ4n) is 1.74. The first-order valence-electron chi connectivity index (χ1n) is 5.27. The van der Waals surface area contributed by atoms with Gasteiger partial charge in [-0.15, -0.1) is 11.8 Å². The molecular formula is C13H12NO2S-. The van der Waals surface area contributed by atoms with Gasteiger partial charge in [0.05, 0.1) is 16.5 Å². The molecule has 0 amide bonds. The summed E-state index contributed by atoms with van der Waals surface area (Å²) in [5, 5.41) is 12.3. The fraction of sp³-hybridized carbons (Fsp3) is 0.231. The lowest BCUT2D eigenvalue weighted by molar-refractivity contribution is -0.301. The Morgan fingerprint density at radius 3 is 2.82 bits per heavy atom. The number of carbonyl (C=O) groups is 1. The van der Waals surface area contributed by atoms with Crippen LogP contribution in [0.15, 0.2) is 29.3 Å². The molecule has 1 heterocycles. The van der Waals surface area contributed by atoms with E-state index in [-0.39, 0.29) is 5.75 Å². The summed E-state index contributed by atoms with van der Waals surface area (Å²) < 4.78 is 0. The van der Waals surface area contributed by atoms with Crippen LogP contribution in [0.1, 0.15) is 11.1 Å². The Hall–Kier alpha value is -1.55. The number of carboxylic acid groups (broad SMARTS) is 1. The molecule has 2 aromatic rings. The van der Waals surface area contributed by atoms with E-state index < -0.39 is 5.97 Å². The first kappa shape index (κ1) is 11.9. The minimum Gasteiger partial charge on any atom is -0.549 e. The van der Waals surface area contributed by atoms with Crippen molar-refractivity contribution in [1.29, 1.82) is 0 Å². The van der Waals surface area contributed by atoms with Gasteiger partial charge in [0.25, 0.3) is 0 Å². The second kappa shape index (κ2) is 4.75. The number of nitrogens with zero attached hydrogens (tertiary/aromatic N) is 1. The average Bonchev–Trinajstić information content (AvgIpc) is 2.28. The molecule has 0 saturated carbocycles. The first-order chi connectivity index (χ1) is 8.08. The summed E-state index contributed by atoms with van der Waals surface area (Å²) in [6.45, 7) is 4.01. The summed E-state index contributed by atoms with van der Waals surface area (Å²) in [6.07, 6.45) is 0. The molecule has 1 aromatic carbocycles. The van der Waals surface area contributed by atoms with Crippen LogP contribution < -0.4 is 5.11 Å². The van der Waals surface area contributed by atoms with E-state index in [0.29, 0.717) is 0 Å². The smallest absolute Gasteiger partial charge is 0.0974 e. The molecule has 0 radical (unpaired) electrons. The summed E-state index contributed by atoms with van der Waals surface area (Å²) in [6, 6.07) is 7.94. The van der Waals surface area contributed by atoms with Crippen LogP contribution >= 0.6 is 11.8 Å². The van der Waals surface area contributed by atoms with Crippen molar-refractivity contribution < 1.29 is 9.90 Å². The maximum Gasteiger partial charge on any atom is 0.0974 e. The number of rotatable bonds is 3. The highest BCUT2D eigenvalue weighted by Crippen LogP contribution is 2.25. The van der Waals surface area contributed by atoms with Crippen molar-refractivity contribution in [1.82, 2.24) is 4.98 Å². The lowest BCUT2D eigenvalue weighted by Crippen LogP contribution is -2.24. The van der Waals surface area contributed by atoms with Crippen molar-refractivity contribution in [2.45, 2.75) is 18.9 Å². The van der Waals surface area contributed by atoms with Crippen LogP contribution in [0.3, 0.4) is 0 Å². The van der Waals surface area contributed by atoms with Gasteiger partial charge < -0.3 is 9.90 Å². The quantitative estimate of drug-likeness (QED) is 0.773. The highest BCUT2D eigenvalue weighted by atomic mass is 32.2. The van der Waals surface area contributed by atoms with Gasteiger partial charge in [-0.1, -0.05) is 18.2 Å². The molecule has 0 saturated heterocycles. The Kier molecular flexibility index (Phi) is 3.33. The zero-order valence-corrected chi connectivity index (χ0v) is 10.5. The molecule has 0 aliphatic carbocycles. The van der Waals surface area contributed by atoms with Crippen LogP contribution in [0.2, 0.25) is 0 Å². The molecule has 88 valence electrons. The third-order valence-corrected chi connectivity index (χ3v) is 3.45. The molecule has 17 heavy (non-hydrogen) atoms. The largest absolute Gasteiger partial charge is 0.549 e. The second-order valence-electron chi connectivity index (χ2n) is 3.91. The molecule has 0 atom stereocenters. The van der Waals surface area contributed by atoms with Crippen LogP contribution in [0, 0.1) is 13.8 Å². The topological polar surface area (TPSA) is 53.0 Å². The number of para-hydroxylation sites is 1. The van der Waals surface area contributed by atoms with Gasteiger partial charge in [0.2, 0.25) is 0 Å². The summed E-state index contributed by atoms with van der Waals surface area (Å²) in [7, 11) is 0. The molecule has 0 aliphatic heterocycles. The SMILES string of the molecule is Cc1cc(SCC(=O)[O-])nc2c(C)cccc12. The molecule has 0 unspecified atom stereocenters. The number of hydrogen-bond donors (Lipinski definition) is 0. The third-order valence-electron chi connectivity index (χ3n) is 2.56. The standard InChI is InChI=1S/C13H13NO2S/c1-8-4-3-5-10-9(2)6-11(14-13(8)10)17-7-12(15)16/h3-6H,7H2,1-2H3,(H,15,16)/p-1. The van der Waals surface area contributed by atoms with E-state index in [1.165, 1.54) is 11.8 Å². The average molecular weight is 246 g/mol. The van der Waals surface area contributed by atoms with Gasteiger partial charge >= 0.3 is 0 Å². The zero-order valence-electron chi connectivity index (χ0n) is 9.69. The van der Waals surface area contributed by atoms with E-state index in [2.05, 4.69) is 4.98 Å². The molecule has 0 spiro atoms. The number of fused-ring (bicyclic) bond motifs is 1. The molecular weight excluding hydrogens is 234 g/mol. The molecule has 2 rings (SSSR count). The van der Waals surface area contributed by atoms with Crippen LogP contribution in [-0.2, 0) is 4.79 Å². The lowest BCUT2D eigenvalue weighted by atomic mass is 10.1. The predicted molar refractivity (Wildman–Crippen MR) is 66.9 cm³/mol. The molecule has 1 aromatic heterocycles. The van der Waals surface area contributed by atoms with Crippen molar-refractivity contribution in [3.05, 3.63) is 35.4 Å². The van der Waals surface area contributed by atoms with Gasteiger partial charge in [0, 0.05) is 11.1 Å². The maximum absolute atomic E-state index is 10.4. The Morgan fingerprint density at radius 1 is 1.35 bits per heavy atom. The molecule has 0 N–H and O–H groups in total. The highest BCUT2D eigenvalue weighted by Gasteiger charge is 2.05. The van der Waals surface area contributed by atoms with Crippen molar-refractivity contribution >= 4 is 28.6 Å². The van der Waals surface area contributed by atoms with Crippen molar-refractivity contribution in [2.24, 2.45) is 0 Å². The Morgan fingerprint density at radius 2 is 2.12 bits per heavy atom. The van der Waals surface area contributed by atoms with Crippen LogP contribution in [0.5, 0.6) is 0 Å². The molecule has 0 bridgehead atoms. The minimum atomic E-state index is -1.07. The van der Waals surface area contributed by atoms with Crippen LogP contribution in [-0.4, -0.2) is 16.7 Å². The maximum atomic E-state index is 10.4. The first-order valence-corrected chi connectivity index (χ1v) is 6.26.